The number of hydrogen-bond donors (Lipinski definition) is 1. The fourth-order valence-corrected chi connectivity index (χ4v) is 1.50. The molecule has 18 heavy (non-hydrogen) atoms. The molecule has 0 heterocycles. The van der Waals surface area contributed by atoms with Crippen LogP contribution in [0.2, 0.25) is 0 Å². The molecule has 0 aromatic heterocycles. The molecule has 0 aliphatic rings. The highest BCUT2D eigenvalue weighted by Crippen LogP contribution is 2.06. The molecule has 1 amide bonds. The first-order valence-electron chi connectivity index (χ1n) is 6.31. The van der Waals surface area contributed by atoms with Crippen LogP contribution in [0.1, 0.15) is 38.3 Å². The Morgan fingerprint density at radius 3 is 2.39 bits per heavy atom. The van der Waals surface area contributed by atoms with Gasteiger partial charge in [-0.2, -0.15) is 5.26 Å². The molecule has 1 rings (SSSR count). The number of carbonyl (C=O) groups excluding carboxylic acids is 1. The van der Waals surface area contributed by atoms with Gasteiger partial charge in [-0.3, -0.25) is 4.79 Å². The van der Waals surface area contributed by atoms with Crippen molar-refractivity contribution in [2.45, 2.75) is 39.7 Å². The molecule has 0 spiro atoms. The van der Waals surface area contributed by atoms with Gasteiger partial charge in [0.05, 0.1) is 11.6 Å². The minimum atomic E-state index is 0.0839. The van der Waals surface area contributed by atoms with E-state index >= 15 is 0 Å². The quantitative estimate of drug-likeness (QED) is 0.865. The van der Waals surface area contributed by atoms with E-state index < -0.39 is 0 Å². The van der Waals surface area contributed by atoms with E-state index in [-0.39, 0.29) is 11.9 Å². The van der Waals surface area contributed by atoms with Gasteiger partial charge in [0.15, 0.2) is 0 Å². The van der Waals surface area contributed by atoms with Gasteiger partial charge in [0.1, 0.15) is 0 Å². The van der Waals surface area contributed by atoms with E-state index in [2.05, 4.69) is 25.2 Å². The fraction of sp³-hybridized carbons (Fsp3) is 0.467. The Morgan fingerprint density at radius 1 is 1.28 bits per heavy atom. The van der Waals surface area contributed by atoms with E-state index in [9.17, 15) is 4.79 Å². The number of rotatable bonds is 5. The van der Waals surface area contributed by atoms with E-state index in [0.717, 1.165) is 5.56 Å². The molecular formula is C15H20N2O. The Hall–Kier alpha value is -1.82. The van der Waals surface area contributed by atoms with Crippen LogP contribution in [0.15, 0.2) is 24.3 Å². The van der Waals surface area contributed by atoms with Crippen LogP contribution < -0.4 is 5.32 Å². The Kier molecular flexibility index (Phi) is 5.38. The van der Waals surface area contributed by atoms with E-state index in [4.69, 9.17) is 5.26 Å². The summed E-state index contributed by atoms with van der Waals surface area (Å²) in [6.45, 7) is 6.20. The van der Waals surface area contributed by atoms with E-state index in [1.807, 2.05) is 19.1 Å². The highest BCUT2D eigenvalue weighted by atomic mass is 16.1. The first-order valence-corrected chi connectivity index (χ1v) is 6.31. The largest absolute Gasteiger partial charge is 0.353 e. The van der Waals surface area contributed by atoms with Gasteiger partial charge in [-0.25, -0.2) is 0 Å². The zero-order valence-electron chi connectivity index (χ0n) is 11.2. The maximum atomic E-state index is 11.7. The average molecular weight is 244 g/mol. The van der Waals surface area contributed by atoms with Gasteiger partial charge < -0.3 is 5.32 Å². The van der Waals surface area contributed by atoms with Gasteiger partial charge in [0.25, 0.3) is 0 Å². The number of amides is 1. The summed E-state index contributed by atoms with van der Waals surface area (Å²) in [5, 5.41) is 11.7. The summed E-state index contributed by atoms with van der Waals surface area (Å²) in [7, 11) is 0. The molecule has 3 nitrogen and oxygen atoms in total. The minimum absolute atomic E-state index is 0.0839. The van der Waals surface area contributed by atoms with Crippen molar-refractivity contribution in [1.29, 1.82) is 5.26 Å². The van der Waals surface area contributed by atoms with Gasteiger partial charge >= 0.3 is 0 Å². The Bertz CT molecular complexity index is 429. The first kappa shape index (κ1) is 14.2. The minimum Gasteiger partial charge on any atom is -0.353 e. The lowest BCUT2D eigenvalue weighted by atomic mass is 10.1. The van der Waals surface area contributed by atoms with E-state index in [1.165, 1.54) is 0 Å². The third kappa shape index (κ3) is 4.58. The number of hydrogen-bond acceptors (Lipinski definition) is 2. The molecule has 3 heteroatoms. The molecule has 0 aliphatic heterocycles. The van der Waals surface area contributed by atoms with Crippen molar-refractivity contribution >= 4 is 5.91 Å². The highest BCUT2D eigenvalue weighted by Gasteiger charge is 2.10. The molecule has 1 N–H and O–H groups in total. The third-order valence-electron chi connectivity index (χ3n) is 3.11. The van der Waals surface area contributed by atoms with Crippen molar-refractivity contribution in [1.82, 2.24) is 5.32 Å². The standard InChI is InChI=1S/C15H20N2O/c1-11(2)12(3)17-15(18)9-8-13-4-6-14(10-16)7-5-13/h4-7,11-12H,8-9H2,1-3H3,(H,17,18)/t12-/m0/s1. The number of benzene rings is 1. The van der Waals surface area contributed by atoms with Crippen LogP contribution in [0.5, 0.6) is 0 Å². The van der Waals surface area contributed by atoms with Crippen LogP contribution in [0, 0.1) is 17.2 Å². The zero-order chi connectivity index (χ0) is 13.5. The second-order valence-electron chi connectivity index (χ2n) is 4.91. The van der Waals surface area contributed by atoms with Crippen molar-refractivity contribution in [3.8, 4) is 6.07 Å². The molecule has 0 radical (unpaired) electrons. The molecule has 0 saturated heterocycles. The molecule has 1 aromatic carbocycles. The lowest BCUT2D eigenvalue weighted by molar-refractivity contribution is -0.121. The number of nitrogens with one attached hydrogen (secondary N) is 1. The van der Waals surface area contributed by atoms with Crippen LogP contribution in [-0.4, -0.2) is 11.9 Å². The monoisotopic (exact) mass is 244 g/mol. The SMILES string of the molecule is CC(C)[C@H](C)NC(=O)CCc1ccc(C#N)cc1. The van der Waals surface area contributed by atoms with Crippen LogP contribution >= 0.6 is 0 Å². The second kappa shape index (κ2) is 6.80. The van der Waals surface area contributed by atoms with Crippen molar-refractivity contribution in [3.05, 3.63) is 35.4 Å². The van der Waals surface area contributed by atoms with Crippen LogP contribution in [0.3, 0.4) is 0 Å². The van der Waals surface area contributed by atoms with Crippen LogP contribution in [0.25, 0.3) is 0 Å². The number of nitrogens with zero attached hydrogens (tertiary/aromatic N) is 1. The van der Waals surface area contributed by atoms with Crippen molar-refractivity contribution in [2.75, 3.05) is 0 Å². The zero-order valence-corrected chi connectivity index (χ0v) is 11.2. The summed E-state index contributed by atoms with van der Waals surface area (Å²) in [4.78, 5) is 11.7. The summed E-state index contributed by atoms with van der Waals surface area (Å²) in [5.41, 5.74) is 1.73. The smallest absolute Gasteiger partial charge is 0.220 e. The molecule has 0 aliphatic carbocycles. The maximum absolute atomic E-state index is 11.7. The number of nitriles is 1. The molecule has 1 atom stereocenters. The van der Waals surface area contributed by atoms with E-state index in [1.54, 1.807) is 12.1 Å². The van der Waals surface area contributed by atoms with Crippen molar-refractivity contribution in [3.63, 3.8) is 0 Å². The second-order valence-corrected chi connectivity index (χ2v) is 4.91. The van der Waals surface area contributed by atoms with Crippen LogP contribution in [0.4, 0.5) is 0 Å². The topological polar surface area (TPSA) is 52.9 Å². The molecule has 0 saturated carbocycles. The fourth-order valence-electron chi connectivity index (χ4n) is 1.50. The molecular weight excluding hydrogens is 224 g/mol. The van der Waals surface area contributed by atoms with Gasteiger partial charge in [-0.15, -0.1) is 0 Å². The summed E-state index contributed by atoms with van der Waals surface area (Å²) in [5.74, 6) is 0.532. The lowest BCUT2D eigenvalue weighted by Crippen LogP contribution is -2.36. The lowest BCUT2D eigenvalue weighted by Gasteiger charge is -2.17. The van der Waals surface area contributed by atoms with E-state index in [0.29, 0.717) is 24.3 Å². The van der Waals surface area contributed by atoms with Gasteiger partial charge in [-0.1, -0.05) is 26.0 Å². The van der Waals surface area contributed by atoms with Gasteiger partial charge in [0, 0.05) is 12.5 Å². The predicted octanol–water partition coefficient (Wildman–Crippen LogP) is 2.65. The Labute approximate surface area is 109 Å². The van der Waals surface area contributed by atoms with Gasteiger partial charge in [0.2, 0.25) is 5.91 Å². The Morgan fingerprint density at radius 2 is 1.89 bits per heavy atom. The number of carbonyl (C=O) groups is 1. The third-order valence-corrected chi connectivity index (χ3v) is 3.11. The van der Waals surface area contributed by atoms with Crippen molar-refractivity contribution < 1.29 is 4.79 Å². The first-order chi connectivity index (χ1) is 8.52. The predicted molar refractivity (Wildman–Crippen MR) is 71.9 cm³/mol. The Balaban J connectivity index is 2.40. The van der Waals surface area contributed by atoms with Crippen LogP contribution in [-0.2, 0) is 11.2 Å². The normalized spacial score (nSPS) is 11.9. The molecule has 96 valence electrons. The van der Waals surface area contributed by atoms with Crippen molar-refractivity contribution in [2.24, 2.45) is 5.92 Å². The summed E-state index contributed by atoms with van der Waals surface area (Å²) >= 11 is 0. The summed E-state index contributed by atoms with van der Waals surface area (Å²) in [6, 6.07) is 9.65. The molecule has 1 aromatic rings. The van der Waals surface area contributed by atoms with Gasteiger partial charge in [-0.05, 0) is 37.0 Å². The average Bonchev–Trinajstić information content (AvgIpc) is 2.36. The molecule has 0 unspecified atom stereocenters. The molecule has 0 fully saturated rings. The molecule has 0 bridgehead atoms. The number of aryl methyl sites for hydroxylation is 1. The summed E-state index contributed by atoms with van der Waals surface area (Å²) < 4.78 is 0. The highest BCUT2D eigenvalue weighted by molar-refractivity contribution is 5.76. The maximum Gasteiger partial charge on any atom is 0.220 e. The summed E-state index contributed by atoms with van der Waals surface area (Å²) in [6.07, 6.45) is 1.20.